The van der Waals surface area contributed by atoms with Gasteiger partial charge in [-0.05, 0) is 97.4 Å². The van der Waals surface area contributed by atoms with Crippen molar-refractivity contribution in [2.24, 2.45) is 55.8 Å². The lowest BCUT2D eigenvalue weighted by molar-refractivity contribution is -0.156. The van der Waals surface area contributed by atoms with E-state index in [1.807, 2.05) is 0 Å². The van der Waals surface area contributed by atoms with Gasteiger partial charge < -0.3 is 9.52 Å². The number of allylic oxidation sites excluding steroid dienone is 1. The Hall–Kier alpha value is -2.48. The molecule has 42 heavy (non-hydrogen) atoms. The second-order valence-electron chi connectivity index (χ2n) is 14.6. The largest absolute Gasteiger partial charge is 0.415 e. The number of aliphatic hydroxyl groups is 1. The Morgan fingerprint density at radius 3 is 2.67 bits per heavy atom. The summed E-state index contributed by atoms with van der Waals surface area (Å²) in [6.07, 6.45) is 13.5. The van der Waals surface area contributed by atoms with Crippen LogP contribution in [0.4, 0.5) is 4.39 Å². The predicted molar refractivity (Wildman–Crippen MR) is 161 cm³/mol. The summed E-state index contributed by atoms with van der Waals surface area (Å²) in [5.74, 6) is 2.65. The summed E-state index contributed by atoms with van der Waals surface area (Å²) in [4.78, 5) is 21.8. The van der Waals surface area contributed by atoms with Gasteiger partial charge >= 0.3 is 0 Å². The van der Waals surface area contributed by atoms with Gasteiger partial charge in [-0.3, -0.25) is 4.79 Å². The van der Waals surface area contributed by atoms with Crippen LogP contribution in [0.3, 0.4) is 0 Å². The highest BCUT2D eigenvalue weighted by molar-refractivity contribution is 6.01. The van der Waals surface area contributed by atoms with Gasteiger partial charge in [0.2, 0.25) is 11.7 Å². The lowest BCUT2D eigenvalue weighted by Crippen LogP contribution is -2.58. The number of ketones is 1. The molecule has 6 rings (SSSR count). The number of fused-ring (bicyclic) bond motifs is 7. The van der Waals surface area contributed by atoms with Crippen molar-refractivity contribution in [3.63, 3.8) is 0 Å². The molecule has 5 aliphatic carbocycles. The number of Topliss-reactive ketones (excluding diaryl/α,β-unsaturated/α-hetero) is 1. The lowest BCUT2D eigenvalue weighted by Gasteiger charge is -2.66. The molecule has 8 heteroatoms. The van der Waals surface area contributed by atoms with E-state index in [-0.39, 0.29) is 47.1 Å². The van der Waals surface area contributed by atoms with Crippen LogP contribution in [-0.4, -0.2) is 39.8 Å². The zero-order valence-corrected chi connectivity index (χ0v) is 25.7. The molecule has 0 amide bonds. The van der Waals surface area contributed by atoms with E-state index in [0.29, 0.717) is 17.3 Å². The smallest absolute Gasteiger partial charge is 0.285 e. The van der Waals surface area contributed by atoms with Gasteiger partial charge in [-0.25, -0.2) is 14.4 Å². The number of hydrogen-bond acceptors (Lipinski definition) is 6. The highest BCUT2D eigenvalue weighted by Gasteiger charge is 2.65. The van der Waals surface area contributed by atoms with Gasteiger partial charge in [0.25, 0.3) is 5.89 Å². The van der Waals surface area contributed by atoms with Crippen molar-refractivity contribution in [2.45, 2.75) is 104 Å². The Labute approximate surface area is 249 Å². The van der Waals surface area contributed by atoms with E-state index in [1.54, 1.807) is 0 Å². The Balaban J connectivity index is 1.38. The second kappa shape index (κ2) is 10.9. The number of aromatic nitrogens is 2. The molecule has 1 aromatic heterocycles. The third-order valence-corrected chi connectivity index (χ3v) is 12.5. The highest BCUT2D eigenvalue weighted by Crippen LogP contribution is 2.72. The van der Waals surface area contributed by atoms with Crippen molar-refractivity contribution in [3.05, 3.63) is 35.7 Å². The summed E-state index contributed by atoms with van der Waals surface area (Å²) in [6, 6.07) is 0. The topological polar surface area (TPSA) is 101 Å². The first-order valence-electron chi connectivity index (χ1n) is 16.2. The van der Waals surface area contributed by atoms with E-state index in [2.05, 4.69) is 54.5 Å². The third-order valence-electron chi connectivity index (χ3n) is 12.5. The Kier molecular flexibility index (Phi) is 7.68. The molecule has 0 spiro atoms. The van der Waals surface area contributed by atoms with Crippen LogP contribution in [-0.2, 0) is 4.79 Å². The first-order chi connectivity index (χ1) is 20.1. The summed E-state index contributed by atoms with van der Waals surface area (Å²) < 4.78 is 18.7. The highest BCUT2D eigenvalue weighted by atomic mass is 19.1. The Bertz CT molecular complexity index is 1330. The number of alkyl halides is 1. The minimum atomic E-state index is -1.12. The maximum absolute atomic E-state index is 13.8. The molecule has 4 fully saturated rings. The quantitative estimate of drug-likeness (QED) is 0.280. The number of amidine groups is 1. The fraction of sp³-hybridized carbons (Fsp3) is 0.735. The van der Waals surface area contributed by atoms with Crippen molar-refractivity contribution in [2.75, 3.05) is 6.67 Å². The van der Waals surface area contributed by atoms with E-state index >= 15 is 0 Å². The average Bonchev–Trinajstić information content (AvgIpc) is 3.57. The van der Waals surface area contributed by atoms with Gasteiger partial charge in [-0.2, -0.15) is 0 Å². The number of nitrogens with zero attached hydrogens (tertiary/aromatic N) is 4. The number of carbonyl (C=O) groups is 1. The molecule has 0 aromatic carbocycles. The minimum absolute atomic E-state index is 0.0109. The van der Waals surface area contributed by atoms with E-state index in [1.165, 1.54) is 56.7 Å². The normalized spacial score (nSPS) is 39.2. The van der Waals surface area contributed by atoms with Gasteiger partial charge in [0, 0.05) is 24.3 Å². The van der Waals surface area contributed by atoms with Crippen LogP contribution in [0.25, 0.3) is 0 Å². The molecule has 1 heterocycles. The summed E-state index contributed by atoms with van der Waals surface area (Å²) in [5.41, 5.74) is 2.00. The first kappa shape index (κ1) is 29.6. The number of aliphatic imine (C=N–C) groups is 2. The van der Waals surface area contributed by atoms with E-state index in [9.17, 15) is 14.3 Å². The van der Waals surface area contributed by atoms with Gasteiger partial charge in [0.05, 0.1) is 0 Å². The fourth-order valence-electron chi connectivity index (χ4n) is 10.9. The molecule has 228 valence electrons. The monoisotopic (exact) mass is 578 g/mol. The molecule has 0 radical (unpaired) electrons. The molecule has 1 aromatic rings. The first-order valence-corrected chi connectivity index (χ1v) is 16.2. The molecule has 5 aliphatic rings. The molecule has 7 nitrogen and oxygen atoms in total. The Morgan fingerprint density at radius 1 is 1.12 bits per heavy atom. The summed E-state index contributed by atoms with van der Waals surface area (Å²) in [5, 5.41) is 20.4. The summed E-state index contributed by atoms with van der Waals surface area (Å²) >= 11 is 0. The van der Waals surface area contributed by atoms with Crippen LogP contribution in [0.15, 0.2) is 38.3 Å². The zero-order chi connectivity index (χ0) is 29.9. The summed E-state index contributed by atoms with van der Waals surface area (Å²) in [7, 11) is 0. The molecule has 8 unspecified atom stereocenters. The van der Waals surface area contributed by atoms with Gasteiger partial charge in [-0.1, -0.05) is 52.7 Å². The van der Waals surface area contributed by atoms with Crippen LogP contribution in [0, 0.1) is 45.8 Å². The molecule has 0 bridgehead atoms. The molecular formula is C34H47FN4O3. The molecule has 1 N–H and O–H groups in total. The zero-order valence-electron chi connectivity index (χ0n) is 25.7. The number of aliphatic hydroxyl groups excluding tert-OH is 1. The van der Waals surface area contributed by atoms with Crippen molar-refractivity contribution >= 4 is 17.8 Å². The van der Waals surface area contributed by atoms with E-state index in [0.717, 1.165) is 37.0 Å². The minimum Gasteiger partial charge on any atom is -0.415 e. The van der Waals surface area contributed by atoms with Crippen molar-refractivity contribution in [3.8, 4) is 0 Å². The molecular weight excluding hydrogens is 531 g/mol. The van der Waals surface area contributed by atoms with Gasteiger partial charge in [0.15, 0.2) is 5.78 Å². The van der Waals surface area contributed by atoms with E-state index in [4.69, 9.17) is 4.42 Å². The van der Waals surface area contributed by atoms with E-state index < -0.39 is 18.2 Å². The summed E-state index contributed by atoms with van der Waals surface area (Å²) in [6.45, 7) is 12.2. The van der Waals surface area contributed by atoms with Gasteiger partial charge in [-0.15, -0.1) is 10.2 Å². The van der Waals surface area contributed by atoms with Crippen LogP contribution in [0.1, 0.15) is 116 Å². The van der Waals surface area contributed by atoms with Gasteiger partial charge in [0.1, 0.15) is 12.8 Å². The fourth-order valence-corrected chi connectivity index (χ4v) is 10.9. The lowest BCUT2D eigenvalue weighted by atomic mass is 9.39. The molecule has 4 saturated carbocycles. The van der Waals surface area contributed by atoms with Crippen LogP contribution in [0.2, 0.25) is 0 Å². The number of hydrogen-bond donors (Lipinski definition) is 1. The van der Waals surface area contributed by atoms with Crippen molar-refractivity contribution in [1.29, 1.82) is 0 Å². The maximum atomic E-state index is 13.8. The van der Waals surface area contributed by atoms with Crippen molar-refractivity contribution in [1.82, 2.24) is 10.2 Å². The van der Waals surface area contributed by atoms with Crippen LogP contribution in [0.5, 0.6) is 0 Å². The molecule has 0 aliphatic heterocycles. The second-order valence-corrected chi connectivity index (χ2v) is 14.6. The Morgan fingerprint density at radius 2 is 1.93 bits per heavy atom. The average molecular weight is 579 g/mol. The number of halogens is 1. The number of carbonyl (C=O) groups excluding carboxylic acids is 1. The maximum Gasteiger partial charge on any atom is 0.285 e. The van der Waals surface area contributed by atoms with Crippen LogP contribution >= 0.6 is 0 Å². The molecule has 8 atom stereocenters. The molecule has 0 saturated heterocycles. The number of rotatable bonds is 6. The SMILES string of the molecule is C=CN=C(N=CCF)c1nnc(C(O)C23CCC4C(CCC5C6(C)CCCCC6CCC45C)C2=C(C(C)C)C(=O)C3)o1. The predicted octanol–water partition coefficient (Wildman–Crippen LogP) is 7.38. The van der Waals surface area contributed by atoms with Crippen molar-refractivity contribution < 1.29 is 18.7 Å². The van der Waals surface area contributed by atoms with Crippen LogP contribution < -0.4 is 0 Å². The third kappa shape index (κ3) is 4.33. The standard InChI is InChI=1S/C34H47FN4O3/c1-6-36-29(37-18-17-35)31-39-38-30(42-31)28(41)34-16-13-23-22(27(34)26(20(2)3)24(40)19-34)10-11-25-32(4)14-8-7-9-21(32)12-15-33(23,25)5/h6,18,20-23,25,28,41H,1,7-17,19H2,2-5H3.